The standard InChI is InChI=1S/C23H27N5O2/c1-15-11-28(12-16(2)30-15)23-25-21-14-27(10-9-19(21)22(29)26-23)13-18-8-7-17-5-3-4-6-20(17)24-18/h3-8,15-16H,9-14H2,1-2H3,(H,25,26,29)/t15-,16-/m0/s1. The second kappa shape index (κ2) is 7.81. The number of fused-ring (bicyclic) bond motifs is 2. The Morgan fingerprint density at radius 2 is 1.90 bits per heavy atom. The fourth-order valence-corrected chi connectivity index (χ4v) is 4.54. The summed E-state index contributed by atoms with van der Waals surface area (Å²) in [4.78, 5) is 29.8. The van der Waals surface area contributed by atoms with Gasteiger partial charge in [-0.15, -0.1) is 0 Å². The summed E-state index contributed by atoms with van der Waals surface area (Å²) in [5.41, 5.74) is 3.74. The summed E-state index contributed by atoms with van der Waals surface area (Å²) in [5, 5.41) is 1.15. The lowest BCUT2D eigenvalue weighted by Crippen LogP contribution is -2.47. The molecule has 1 N–H and O–H groups in total. The molecule has 7 nitrogen and oxygen atoms in total. The lowest BCUT2D eigenvalue weighted by atomic mass is 10.1. The van der Waals surface area contributed by atoms with Gasteiger partial charge in [-0.2, -0.15) is 0 Å². The number of nitrogens with one attached hydrogen (secondary N) is 1. The van der Waals surface area contributed by atoms with Crippen molar-refractivity contribution in [3.8, 4) is 0 Å². The van der Waals surface area contributed by atoms with E-state index in [4.69, 9.17) is 14.7 Å². The molecule has 0 amide bonds. The number of morpholine rings is 1. The molecule has 2 aliphatic rings. The lowest BCUT2D eigenvalue weighted by molar-refractivity contribution is -0.00576. The van der Waals surface area contributed by atoms with E-state index >= 15 is 0 Å². The van der Waals surface area contributed by atoms with Crippen LogP contribution in [0.25, 0.3) is 10.9 Å². The number of aromatic amines is 1. The van der Waals surface area contributed by atoms with Gasteiger partial charge < -0.3 is 9.64 Å². The molecule has 0 unspecified atom stereocenters. The maximum atomic E-state index is 12.7. The molecule has 0 bridgehead atoms. The molecule has 0 saturated carbocycles. The van der Waals surface area contributed by atoms with Gasteiger partial charge in [-0.05, 0) is 32.4 Å². The number of rotatable bonds is 3. The van der Waals surface area contributed by atoms with Gasteiger partial charge in [-0.25, -0.2) is 4.98 Å². The summed E-state index contributed by atoms with van der Waals surface area (Å²) in [7, 11) is 0. The van der Waals surface area contributed by atoms with Gasteiger partial charge >= 0.3 is 0 Å². The van der Waals surface area contributed by atoms with Crippen LogP contribution in [-0.4, -0.2) is 51.7 Å². The molecule has 2 atom stereocenters. The number of para-hydroxylation sites is 1. The van der Waals surface area contributed by atoms with Crippen molar-refractivity contribution in [2.24, 2.45) is 0 Å². The Balaban J connectivity index is 1.37. The number of H-pyrrole nitrogens is 1. The average molecular weight is 406 g/mol. The second-order valence-corrected chi connectivity index (χ2v) is 8.43. The van der Waals surface area contributed by atoms with Crippen LogP contribution in [0.2, 0.25) is 0 Å². The molecule has 3 aromatic rings. The van der Waals surface area contributed by atoms with Crippen LogP contribution < -0.4 is 10.5 Å². The highest BCUT2D eigenvalue weighted by molar-refractivity contribution is 5.78. The zero-order valence-corrected chi connectivity index (χ0v) is 17.5. The van der Waals surface area contributed by atoms with Gasteiger partial charge in [-0.1, -0.05) is 24.3 Å². The zero-order chi connectivity index (χ0) is 20.7. The lowest BCUT2D eigenvalue weighted by Gasteiger charge is -2.36. The van der Waals surface area contributed by atoms with Crippen LogP contribution >= 0.6 is 0 Å². The number of aromatic nitrogens is 3. The first-order valence-electron chi connectivity index (χ1n) is 10.6. The van der Waals surface area contributed by atoms with E-state index in [1.54, 1.807) is 0 Å². The van der Waals surface area contributed by atoms with Gasteiger partial charge in [0.15, 0.2) is 0 Å². The summed E-state index contributed by atoms with van der Waals surface area (Å²) < 4.78 is 5.82. The molecule has 2 aromatic heterocycles. The Kier molecular flexibility index (Phi) is 5.00. The summed E-state index contributed by atoms with van der Waals surface area (Å²) in [6, 6.07) is 12.4. The van der Waals surface area contributed by atoms with Gasteiger partial charge in [0.25, 0.3) is 5.56 Å². The molecule has 1 fully saturated rings. The smallest absolute Gasteiger partial charge is 0.255 e. The maximum Gasteiger partial charge on any atom is 0.255 e. The first-order valence-corrected chi connectivity index (χ1v) is 10.6. The van der Waals surface area contributed by atoms with E-state index < -0.39 is 0 Å². The minimum Gasteiger partial charge on any atom is -0.372 e. The van der Waals surface area contributed by atoms with Crippen LogP contribution in [0.1, 0.15) is 30.8 Å². The summed E-state index contributed by atoms with van der Waals surface area (Å²) >= 11 is 0. The quantitative estimate of drug-likeness (QED) is 0.722. The number of ether oxygens (including phenoxy) is 1. The molecule has 0 radical (unpaired) electrons. The van der Waals surface area contributed by atoms with Crippen molar-refractivity contribution in [3.05, 3.63) is 63.7 Å². The Morgan fingerprint density at radius 1 is 1.10 bits per heavy atom. The fraction of sp³-hybridized carbons (Fsp3) is 0.435. The highest BCUT2D eigenvalue weighted by atomic mass is 16.5. The fourth-order valence-electron chi connectivity index (χ4n) is 4.54. The Hall–Kier alpha value is -2.77. The van der Waals surface area contributed by atoms with E-state index in [1.165, 1.54) is 0 Å². The second-order valence-electron chi connectivity index (χ2n) is 8.43. The summed E-state index contributed by atoms with van der Waals surface area (Å²) in [6.45, 7) is 7.82. The van der Waals surface area contributed by atoms with Crippen molar-refractivity contribution in [1.82, 2.24) is 19.9 Å². The first kappa shape index (κ1) is 19.2. The topological polar surface area (TPSA) is 74.4 Å². The molecule has 0 aliphatic carbocycles. The molecule has 2 aliphatic heterocycles. The zero-order valence-electron chi connectivity index (χ0n) is 17.5. The molecule has 156 valence electrons. The molecule has 30 heavy (non-hydrogen) atoms. The van der Waals surface area contributed by atoms with Crippen LogP contribution in [-0.2, 0) is 24.2 Å². The summed E-state index contributed by atoms with van der Waals surface area (Å²) in [6.07, 6.45) is 0.942. The van der Waals surface area contributed by atoms with Crippen molar-refractivity contribution in [2.45, 2.75) is 45.6 Å². The van der Waals surface area contributed by atoms with E-state index in [1.807, 2.05) is 18.2 Å². The SMILES string of the molecule is C[C@H]1CN(c2nc3c(c(=O)[nH]2)CCN(Cc2ccc4ccccc4n2)C3)C[C@H](C)O1. The third-order valence-electron chi connectivity index (χ3n) is 5.90. The van der Waals surface area contributed by atoms with Gasteiger partial charge in [0.05, 0.1) is 29.1 Å². The van der Waals surface area contributed by atoms with E-state index in [0.717, 1.165) is 54.0 Å². The first-order chi connectivity index (χ1) is 14.5. The number of hydrogen-bond donors (Lipinski definition) is 1. The molecule has 0 spiro atoms. The van der Waals surface area contributed by atoms with Crippen molar-refractivity contribution in [2.75, 3.05) is 24.5 Å². The number of nitrogens with zero attached hydrogens (tertiary/aromatic N) is 4. The molecule has 1 saturated heterocycles. The van der Waals surface area contributed by atoms with Crippen molar-refractivity contribution in [3.63, 3.8) is 0 Å². The number of pyridine rings is 1. The van der Waals surface area contributed by atoms with Crippen molar-refractivity contribution < 1.29 is 4.74 Å². The number of hydrogen-bond acceptors (Lipinski definition) is 6. The minimum absolute atomic E-state index is 0.00900. The Bertz CT molecular complexity index is 1120. The highest BCUT2D eigenvalue weighted by Gasteiger charge is 2.27. The number of anilines is 1. The highest BCUT2D eigenvalue weighted by Crippen LogP contribution is 2.21. The van der Waals surface area contributed by atoms with Crippen LogP contribution in [0.4, 0.5) is 5.95 Å². The third-order valence-corrected chi connectivity index (χ3v) is 5.90. The van der Waals surface area contributed by atoms with Crippen LogP contribution in [0.3, 0.4) is 0 Å². The van der Waals surface area contributed by atoms with E-state index in [0.29, 0.717) is 18.9 Å². The van der Waals surface area contributed by atoms with E-state index in [-0.39, 0.29) is 17.8 Å². The monoisotopic (exact) mass is 405 g/mol. The van der Waals surface area contributed by atoms with E-state index in [9.17, 15) is 4.79 Å². The molecule has 1 aromatic carbocycles. The average Bonchev–Trinajstić information content (AvgIpc) is 2.73. The molecular weight excluding hydrogens is 378 g/mol. The maximum absolute atomic E-state index is 12.7. The predicted octanol–water partition coefficient (Wildman–Crippen LogP) is 2.49. The normalized spacial score (nSPS) is 22.3. The molecule has 5 rings (SSSR count). The summed E-state index contributed by atoms with van der Waals surface area (Å²) in [5.74, 6) is 0.659. The Labute approximate surface area is 175 Å². The van der Waals surface area contributed by atoms with Crippen LogP contribution in [0.5, 0.6) is 0 Å². The van der Waals surface area contributed by atoms with Crippen molar-refractivity contribution in [1.29, 1.82) is 0 Å². The largest absolute Gasteiger partial charge is 0.372 e. The van der Waals surface area contributed by atoms with Crippen molar-refractivity contribution >= 4 is 16.9 Å². The molecular formula is C23H27N5O2. The van der Waals surface area contributed by atoms with Gasteiger partial charge in [0.1, 0.15) is 0 Å². The Morgan fingerprint density at radius 3 is 2.73 bits per heavy atom. The van der Waals surface area contributed by atoms with E-state index in [2.05, 4.69) is 46.8 Å². The van der Waals surface area contributed by atoms with Gasteiger partial charge in [0.2, 0.25) is 5.95 Å². The van der Waals surface area contributed by atoms with Gasteiger partial charge in [-0.3, -0.25) is 19.7 Å². The molecule has 4 heterocycles. The van der Waals surface area contributed by atoms with Crippen LogP contribution in [0.15, 0.2) is 41.2 Å². The van der Waals surface area contributed by atoms with Gasteiger partial charge in [0, 0.05) is 43.7 Å². The number of benzene rings is 1. The minimum atomic E-state index is -0.00900. The molecule has 7 heteroatoms. The van der Waals surface area contributed by atoms with Crippen LogP contribution in [0, 0.1) is 0 Å². The predicted molar refractivity (Wildman–Crippen MR) is 117 cm³/mol. The third kappa shape index (κ3) is 3.82.